The number of hydrogen-bond donors (Lipinski definition) is 1. The molecule has 108 valence electrons. The average Bonchev–Trinajstić information content (AvgIpc) is 2.84. The number of hydrogen-bond acceptors (Lipinski definition) is 5. The van der Waals surface area contributed by atoms with E-state index in [0.29, 0.717) is 6.04 Å². The molecule has 0 aliphatic carbocycles. The highest BCUT2D eigenvalue weighted by Gasteiger charge is 2.21. The average molecular weight is 282 g/mol. The van der Waals surface area contributed by atoms with Gasteiger partial charge in [-0.2, -0.15) is 0 Å². The van der Waals surface area contributed by atoms with Gasteiger partial charge in [-0.25, -0.2) is 4.98 Å². The molecule has 1 saturated heterocycles. The monoisotopic (exact) mass is 282 g/mol. The van der Waals surface area contributed by atoms with Gasteiger partial charge in [-0.15, -0.1) is 11.3 Å². The molecular weight excluding hydrogens is 256 g/mol. The van der Waals surface area contributed by atoms with Gasteiger partial charge in [0.2, 0.25) is 0 Å². The maximum absolute atomic E-state index is 4.44. The lowest BCUT2D eigenvalue weighted by atomic mass is 10.1. The summed E-state index contributed by atoms with van der Waals surface area (Å²) >= 11 is 1.79. The van der Waals surface area contributed by atoms with Gasteiger partial charge >= 0.3 is 0 Å². The van der Waals surface area contributed by atoms with E-state index in [1.54, 1.807) is 11.3 Å². The van der Waals surface area contributed by atoms with Crippen LogP contribution in [0.3, 0.4) is 0 Å². The summed E-state index contributed by atoms with van der Waals surface area (Å²) in [4.78, 5) is 10.7. The fourth-order valence-corrected chi connectivity index (χ4v) is 3.47. The Morgan fingerprint density at radius 2 is 2.42 bits per heavy atom. The third kappa shape index (κ3) is 4.44. The van der Waals surface area contributed by atoms with Crippen molar-refractivity contribution in [2.24, 2.45) is 0 Å². The summed E-state index contributed by atoms with van der Waals surface area (Å²) in [6.07, 6.45) is 5.80. The van der Waals surface area contributed by atoms with Gasteiger partial charge in [-0.05, 0) is 39.9 Å². The lowest BCUT2D eigenvalue weighted by Crippen LogP contribution is -2.44. The van der Waals surface area contributed by atoms with Crippen molar-refractivity contribution in [3.05, 3.63) is 11.1 Å². The second kappa shape index (κ2) is 7.22. The van der Waals surface area contributed by atoms with Gasteiger partial charge in [0, 0.05) is 36.8 Å². The summed E-state index contributed by atoms with van der Waals surface area (Å²) in [6, 6.07) is 0.688. The van der Waals surface area contributed by atoms with E-state index in [4.69, 9.17) is 0 Å². The highest BCUT2D eigenvalue weighted by atomic mass is 32.1. The van der Waals surface area contributed by atoms with Crippen molar-refractivity contribution >= 4 is 16.5 Å². The van der Waals surface area contributed by atoms with Gasteiger partial charge in [-0.3, -0.25) is 4.90 Å². The molecule has 0 amide bonds. The van der Waals surface area contributed by atoms with Crippen LogP contribution in [0.1, 0.15) is 31.1 Å². The van der Waals surface area contributed by atoms with Crippen molar-refractivity contribution in [3.8, 4) is 0 Å². The molecule has 1 aliphatic heterocycles. The summed E-state index contributed by atoms with van der Waals surface area (Å²) in [7, 11) is 4.46. The molecule has 19 heavy (non-hydrogen) atoms. The second-order valence-electron chi connectivity index (χ2n) is 5.53. The summed E-state index contributed by atoms with van der Waals surface area (Å²) in [5, 5.41) is 4.42. The van der Waals surface area contributed by atoms with Crippen LogP contribution in [0.5, 0.6) is 0 Å². The smallest absolute Gasteiger partial charge is 0.182 e. The molecule has 2 heterocycles. The Labute approximate surface area is 120 Å². The summed E-state index contributed by atoms with van der Waals surface area (Å²) in [5.41, 5.74) is 0. The van der Waals surface area contributed by atoms with Crippen molar-refractivity contribution in [1.82, 2.24) is 14.8 Å². The van der Waals surface area contributed by atoms with Crippen LogP contribution in [0.25, 0.3) is 0 Å². The Bertz CT molecular complexity index is 379. The lowest BCUT2D eigenvalue weighted by Gasteiger charge is -2.35. The Morgan fingerprint density at radius 1 is 1.58 bits per heavy atom. The zero-order chi connectivity index (χ0) is 13.7. The van der Waals surface area contributed by atoms with Crippen LogP contribution in [0.4, 0.5) is 5.13 Å². The summed E-state index contributed by atoms with van der Waals surface area (Å²) < 4.78 is 0. The van der Waals surface area contributed by atoms with Crippen molar-refractivity contribution < 1.29 is 0 Å². The fourth-order valence-electron chi connectivity index (χ4n) is 2.57. The SMILES string of the molecule is CCCNc1ncc(CN(C)C2CCCN(C)C2)s1. The molecule has 0 bridgehead atoms. The molecule has 5 heteroatoms. The molecule has 1 aromatic heterocycles. The van der Waals surface area contributed by atoms with Crippen LogP contribution < -0.4 is 5.32 Å². The van der Waals surface area contributed by atoms with E-state index in [2.05, 4.69) is 41.1 Å². The maximum Gasteiger partial charge on any atom is 0.182 e. The second-order valence-corrected chi connectivity index (χ2v) is 6.65. The first kappa shape index (κ1) is 14.8. The van der Waals surface area contributed by atoms with Gasteiger partial charge in [0.15, 0.2) is 5.13 Å². The third-order valence-electron chi connectivity index (χ3n) is 3.71. The first-order valence-electron chi connectivity index (χ1n) is 7.26. The first-order valence-corrected chi connectivity index (χ1v) is 8.08. The van der Waals surface area contributed by atoms with Crippen LogP contribution in [0, 0.1) is 0 Å². The summed E-state index contributed by atoms with van der Waals surface area (Å²) in [6.45, 7) is 6.64. The molecule has 1 aromatic rings. The predicted molar refractivity (Wildman–Crippen MR) is 82.9 cm³/mol. The minimum absolute atomic E-state index is 0.688. The number of nitrogens with one attached hydrogen (secondary N) is 1. The Balaban J connectivity index is 1.84. The van der Waals surface area contributed by atoms with Crippen LogP contribution >= 0.6 is 11.3 Å². The third-order valence-corrected chi connectivity index (χ3v) is 4.65. The van der Waals surface area contributed by atoms with Gasteiger partial charge < -0.3 is 10.2 Å². The Morgan fingerprint density at radius 3 is 3.16 bits per heavy atom. The molecule has 1 aliphatic rings. The molecule has 1 unspecified atom stereocenters. The van der Waals surface area contributed by atoms with Crippen molar-refractivity contribution in [2.75, 3.05) is 39.0 Å². The molecular formula is C14H26N4S. The number of nitrogens with zero attached hydrogens (tertiary/aromatic N) is 3. The van der Waals surface area contributed by atoms with Gasteiger partial charge in [0.1, 0.15) is 0 Å². The van der Waals surface area contributed by atoms with E-state index in [9.17, 15) is 0 Å². The van der Waals surface area contributed by atoms with Crippen LogP contribution in [-0.2, 0) is 6.54 Å². The molecule has 0 aromatic carbocycles. The first-order chi connectivity index (χ1) is 9.19. The molecule has 4 nitrogen and oxygen atoms in total. The number of rotatable bonds is 6. The standard InChI is InChI=1S/C14H26N4S/c1-4-7-15-14-16-9-13(19-14)11-18(3)12-6-5-8-17(2)10-12/h9,12H,4-8,10-11H2,1-3H3,(H,15,16). The van der Waals surface area contributed by atoms with Crippen molar-refractivity contribution in [1.29, 1.82) is 0 Å². The molecule has 0 radical (unpaired) electrons. The zero-order valence-corrected chi connectivity index (χ0v) is 13.2. The molecule has 1 N–H and O–H groups in total. The fraction of sp³-hybridized carbons (Fsp3) is 0.786. The highest BCUT2D eigenvalue weighted by Crippen LogP contribution is 2.22. The number of anilines is 1. The van der Waals surface area contributed by atoms with Crippen LogP contribution in [0.2, 0.25) is 0 Å². The van der Waals surface area contributed by atoms with Crippen molar-refractivity contribution in [3.63, 3.8) is 0 Å². The van der Waals surface area contributed by atoms with Gasteiger partial charge in [0.25, 0.3) is 0 Å². The molecule has 1 atom stereocenters. The van der Waals surface area contributed by atoms with Crippen LogP contribution in [0.15, 0.2) is 6.20 Å². The van der Waals surface area contributed by atoms with E-state index in [0.717, 1.165) is 24.6 Å². The minimum atomic E-state index is 0.688. The highest BCUT2D eigenvalue weighted by molar-refractivity contribution is 7.15. The van der Waals surface area contributed by atoms with Crippen molar-refractivity contribution in [2.45, 2.75) is 38.8 Å². The normalized spacial score (nSPS) is 20.9. The van der Waals surface area contributed by atoms with E-state index in [-0.39, 0.29) is 0 Å². The molecule has 2 rings (SSSR count). The van der Waals surface area contributed by atoms with Gasteiger partial charge in [-0.1, -0.05) is 6.92 Å². The topological polar surface area (TPSA) is 31.4 Å². The number of thiazole rings is 1. The quantitative estimate of drug-likeness (QED) is 0.868. The van der Waals surface area contributed by atoms with E-state index in [1.165, 1.54) is 30.8 Å². The van der Waals surface area contributed by atoms with Crippen LogP contribution in [-0.4, -0.2) is 54.6 Å². The number of likely N-dealkylation sites (N-methyl/N-ethyl adjacent to an activating group) is 2. The minimum Gasteiger partial charge on any atom is -0.362 e. The number of piperidine rings is 1. The van der Waals surface area contributed by atoms with Gasteiger partial charge in [0.05, 0.1) is 0 Å². The lowest BCUT2D eigenvalue weighted by molar-refractivity contribution is 0.130. The van der Waals surface area contributed by atoms with E-state index < -0.39 is 0 Å². The summed E-state index contributed by atoms with van der Waals surface area (Å²) in [5.74, 6) is 0. The zero-order valence-electron chi connectivity index (χ0n) is 12.4. The maximum atomic E-state index is 4.44. The largest absolute Gasteiger partial charge is 0.362 e. The molecule has 0 spiro atoms. The molecule has 0 saturated carbocycles. The molecule has 1 fully saturated rings. The number of aromatic nitrogens is 1. The predicted octanol–water partition coefficient (Wildman–Crippen LogP) is 2.49. The van der Waals surface area contributed by atoms with E-state index in [1.807, 2.05) is 6.20 Å². The Kier molecular flexibility index (Phi) is 5.60. The van der Waals surface area contributed by atoms with E-state index >= 15 is 0 Å². The number of likely N-dealkylation sites (tertiary alicyclic amines) is 1. The Hall–Kier alpha value is -0.650.